The summed E-state index contributed by atoms with van der Waals surface area (Å²) in [5.41, 5.74) is 2.75. The van der Waals surface area contributed by atoms with Crippen molar-refractivity contribution in [1.29, 1.82) is 0 Å². The summed E-state index contributed by atoms with van der Waals surface area (Å²) >= 11 is 0. The number of carbonyl (C=O) groups excluding carboxylic acids is 1. The summed E-state index contributed by atoms with van der Waals surface area (Å²) in [6.07, 6.45) is 13.7. The molecule has 1 amide bonds. The molecule has 3 saturated carbocycles. The molecule has 194 valence electrons. The summed E-state index contributed by atoms with van der Waals surface area (Å²) in [7, 11) is 0. The normalized spacial score (nSPS) is 38.1. The highest BCUT2D eigenvalue weighted by molar-refractivity contribution is 6.05. The van der Waals surface area contributed by atoms with Crippen molar-refractivity contribution >= 4 is 11.6 Å². The largest absolute Gasteiger partial charge is 0.508 e. The molecule has 0 unspecified atom stereocenters. The average molecular weight is 493 g/mol. The molecule has 1 aromatic rings. The number of aromatic hydroxyl groups is 1. The maximum atomic E-state index is 12.1. The van der Waals surface area contributed by atoms with E-state index in [1.807, 2.05) is 18.2 Å². The van der Waals surface area contributed by atoms with Crippen LogP contribution >= 0.6 is 0 Å². The topological polar surface area (TPSA) is 91.2 Å². The minimum absolute atomic E-state index is 0.0311. The lowest BCUT2D eigenvalue weighted by molar-refractivity contribution is -0.125. The first-order chi connectivity index (χ1) is 17.1. The van der Waals surface area contributed by atoms with Crippen molar-refractivity contribution in [3.63, 3.8) is 0 Å². The number of benzene rings is 1. The van der Waals surface area contributed by atoms with Gasteiger partial charge in [-0.15, -0.1) is 0 Å². The number of oxime groups is 1. The molecule has 3 N–H and O–H groups in total. The van der Waals surface area contributed by atoms with Gasteiger partial charge in [0.2, 0.25) is 0 Å². The Morgan fingerprint density at radius 1 is 1.11 bits per heavy atom. The predicted octanol–water partition coefficient (Wildman–Crippen LogP) is 4.91. The van der Waals surface area contributed by atoms with Gasteiger partial charge in [0.1, 0.15) is 11.5 Å². The van der Waals surface area contributed by atoms with E-state index in [4.69, 9.17) is 4.84 Å². The van der Waals surface area contributed by atoms with Gasteiger partial charge in [-0.2, -0.15) is 0 Å². The second-order valence-electron chi connectivity index (χ2n) is 12.0. The zero-order valence-corrected chi connectivity index (χ0v) is 21.8. The van der Waals surface area contributed by atoms with Crippen molar-refractivity contribution in [3.8, 4) is 5.75 Å². The SMILES string of the molecule is C[C@]12C=CC(=NOCC(=O)NCCc3ccc(O)cc3)C=C1CC[C@@H]1[C@H]2CC[C@@]2(C)[C@@H]1CC[C@]2(C)O. The second-order valence-corrected chi connectivity index (χ2v) is 12.0. The highest BCUT2D eigenvalue weighted by Crippen LogP contribution is 2.66. The van der Waals surface area contributed by atoms with Crippen molar-refractivity contribution in [2.45, 2.75) is 71.3 Å². The van der Waals surface area contributed by atoms with Crippen molar-refractivity contribution in [2.75, 3.05) is 13.2 Å². The Labute approximate surface area is 214 Å². The van der Waals surface area contributed by atoms with Crippen molar-refractivity contribution in [1.82, 2.24) is 5.32 Å². The van der Waals surface area contributed by atoms with E-state index in [2.05, 4.69) is 43.4 Å². The number of nitrogens with zero attached hydrogens (tertiary/aromatic N) is 1. The smallest absolute Gasteiger partial charge is 0.260 e. The maximum Gasteiger partial charge on any atom is 0.260 e. The molecule has 36 heavy (non-hydrogen) atoms. The Kier molecular flexibility index (Phi) is 6.52. The Hall–Kier alpha value is -2.60. The zero-order valence-electron chi connectivity index (χ0n) is 21.8. The van der Waals surface area contributed by atoms with Crippen LogP contribution in [0.2, 0.25) is 0 Å². The first-order valence-corrected chi connectivity index (χ1v) is 13.5. The minimum atomic E-state index is -0.545. The third kappa shape index (κ3) is 4.38. The molecule has 6 heteroatoms. The van der Waals surface area contributed by atoms with Crippen molar-refractivity contribution in [3.05, 3.63) is 53.6 Å². The third-order valence-corrected chi connectivity index (χ3v) is 10.2. The Balaban J connectivity index is 1.15. The monoisotopic (exact) mass is 492 g/mol. The van der Waals surface area contributed by atoms with Crippen LogP contribution in [-0.4, -0.2) is 40.6 Å². The lowest BCUT2D eigenvalue weighted by Crippen LogP contribution is -2.53. The summed E-state index contributed by atoms with van der Waals surface area (Å²) < 4.78 is 0. The number of hydrogen-bond donors (Lipinski definition) is 3. The summed E-state index contributed by atoms with van der Waals surface area (Å²) in [5, 5.41) is 27.5. The summed E-state index contributed by atoms with van der Waals surface area (Å²) in [6.45, 7) is 7.16. The molecular weight excluding hydrogens is 452 g/mol. The average Bonchev–Trinajstić information content (AvgIpc) is 3.09. The fourth-order valence-electron chi connectivity index (χ4n) is 7.73. The Morgan fingerprint density at radius 2 is 1.86 bits per heavy atom. The van der Waals surface area contributed by atoms with Crippen LogP contribution < -0.4 is 5.32 Å². The van der Waals surface area contributed by atoms with E-state index in [9.17, 15) is 15.0 Å². The number of amides is 1. The van der Waals surface area contributed by atoms with Crippen molar-refractivity contribution < 1.29 is 19.8 Å². The fraction of sp³-hybridized carbons (Fsp3) is 0.600. The van der Waals surface area contributed by atoms with Gasteiger partial charge >= 0.3 is 0 Å². The van der Waals surface area contributed by atoms with Gasteiger partial charge in [-0.3, -0.25) is 4.79 Å². The minimum Gasteiger partial charge on any atom is -0.508 e. The van der Waals surface area contributed by atoms with E-state index in [-0.39, 0.29) is 29.1 Å². The molecule has 0 radical (unpaired) electrons. The number of phenolic OH excluding ortho intramolecular Hbond substituents is 1. The van der Waals surface area contributed by atoms with Gasteiger partial charge in [-0.1, -0.05) is 42.8 Å². The van der Waals surface area contributed by atoms with Crippen LogP contribution in [0.25, 0.3) is 0 Å². The number of hydrogen-bond acceptors (Lipinski definition) is 5. The fourth-order valence-corrected chi connectivity index (χ4v) is 7.73. The third-order valence-electron chi connectivity index (χ3n) is 10.2. The molecule has 0 spiro atoms. The molecule has 1 aromatic carbocycles. The van der Waals surface area contributed by atoms with Crippen LogP contribution in [0.1, 0.15) is 64.9 Å². The summed E-state index contributed by atoms with van der Waals surface area (Å²) in [5.74, 6) is 1.89. The molecule has 3 fully saturated rings. The number of phenols is 1. The van der Waals surface area contributed by atoms with Crippen LogP contribution in [-0.2, 0) is 16.1 Å². The number of carbonyl (C=O) groups is 1. The van der Waals surface area contributed by atoms with Crippen LogP contribution in [0.15, 0.2) is 53.2 Å². The van der Waals surface area contributed by atoms with Gasteiger partial charge in [0, 0.05) is 12.0 Å². The standard InChI is InChI=1S/C30H40N2O4/c1-28-14-10-22(32-36-19-27(34)31-17-13-20-4-7-23(33)8-5-20)18-21(28)6-9-24-25(28)11-15-29(2)26(24)12-16-30(29,3)35/h4-5,7-8,10,14,18,24-26,33,35H,6,9,11-13,15-17,19H2,1-3H3,(H,31,34)/t24-,25-,26-,28+,29+,30+/m1/s1. The lowest BCUT2D eigenvalue weighted by Gasteiger charge is -2.58. The number of aliphatic hydroxyl groups is 1. The van der Waals surface area contributed by atoms with E-state index in [0.29, 0.717) is 30.7 Å². The Bertz CT molecular complexity index is 1090. The van der Waals surface area contributed by atoms with Crippen LogP contribution in [0.4, 0.5) is 0 Å². The second kappa shape index (κ2) is 9.37. The number of nitrogens with one attached hydrogen (secondary N) is 1. The van der Waals surface area contributed by atoms with Crippen molar-refractivity contribution in [2.24, 2.45) is 33.7 Å². The lowest BCUT2D eigenvalue weighted by atomic mass is 9.47. The van der Waals surface area contributed by atoms with E-state index in [1.165, 1.54) is 12.0 Å². The van der Waals surface area contributed by atoms with Crippen LogP contribution in [0, 0.1) is 28.6 Å². The molecule has 6 nitrogen and oxygen atoms in total. The van der Waals surface area contributed by atoms with Gasteiger partial charge in [-0.05, 0) is 105 Å². The highest BCUT2D eigenvalue weighted by Gasteiger charge is 2.61. The molecule has 4 aliphatic rings. The molecule has 0 heterocycles. The molecule has 5 rings (SSSR count). The zero-order chi connectivity index (χ0) is 25.6. The van der Waals surface area contributed by atoms with Crippen LogP contribution in [0.5, 0.6) is 5.75 Å². The molecule has 4 aliphatic carbocycles. The number of rotatable bonds is 6. The number of allylic oxidation sites excluding steroid dienone is 4. The van der Waals surface area contributed by atoms with E-state index < -0.39 is 5.60 Å². The molecule has 0 bridgehead atoms. The molecule has 0 aromatic heterocycles. The quantitative estimate of drug-likeness (QED) is 0.492. The van der Waals surface area contributed by atoms with Gasteiger partial charge in [-0.25, -0.2) is 0 Å². The van der Waals surface area contributed by atoms with E-state index in [1.54, 1.807) is 12.1 Å². The first kappa shape index (κ1) is 25.1. The molecule has 0 saturated heterocycles. The summed E-state index contributed by atoms with van der Waals surface area (Å²) in [6, 6.07) is 6.98. The Morgan fingerprint density at radius 3 is 2.64 bits per heavy atom. The van der Waals surface area contributed by atoms with Gasteiger partial charge in [0.05, 0.1) is 5.60 Å². The van der Waals surface area contributed by atoms with Gasteiger partial charge in [0.15, 0.2) is 6.61 Å². The molecular formula is C30H40N2O4. The van der Waals surface area contributed by atoms with Gasteiger partial charge in [0.25, 0.3) is 5.91 Å². The van der Waals surface area contributed by atoms with E-state index >= 15 is 0 Å². The maximum absolute atomic E-state index is 12.1. The van der Waals surface area contributed by atoms with Crippen LogP contribution in [0.3, 0.4) is 0 Å². The van der Waals surface area contributed by atoms with E-state index in [0.717, 1.165) is 43.4 Å². The number of fused-ring (bicyclic) bond motifs is 5. The van der Waals surface area contributed by atoms with Gasteiger partial charge < -0.3 is 20.4 Å². The first-order valence-electron chi connectivity index (χ1n) is 13.5. The molecule has 6 atom stereocenters. The highest BCUT2D eigenvalue weighted by atomic mass is 16.6. The summed E-state index contributed by atoms with van der Waals surface area (Å²) in [4.78, 5) is 17.5. The molecule has 0 aliphatic heterocycles. The predicted molar refractivity (Wildman–Crippen MR) is 140 cm³/mol.